The summed E-state index contributed by atoms with van der Waals surface area (Å²) in [6.07, 6.45) is 3.06. The van der Waals surface area contributed by atoms with Crippen LogP contribution in [0.2, 0.25) is 0 Å². The number of fused-ring (bicyclic) bond motifs is 1. The lowest BCUT2D eigenvalue weighted by Gasteiger charge is -2.18. The van der Waals surface area contributed by atoms with Gasteiger partial charge >= 0.3 is 12.1 Å². The molecular weight excluding hydrogens is 520 g/mol. The summed E-state index contributed by atoms with van der Waals surface area (Å²) in [6, 6.07) is 5.29. The number of esters is 1. The molecule has 0 bridgehead atoms. The zero-order valence-corrected chi connectivity index (χ0v) is 22.9. The number of carbonyl (C=O) groups is 5. The van der Waals surface area contributed by atoms with E-state index in [1.165, 1.54) is 17.0 Å². The number of hydrogen-bond donors (Lipinski definition) is 2. The maximum Gasteiger partial charge on any atom is 0.419 e. The first kappa shape index (κ1) is 29.7. The van der Waals surface area contributed by atoms with Crippen molar-refractivity contribution >= 4 is 47.2 Å². The van der Waals surface area contributed by atoms with E-state index >= 15 is 0 Å². The summed E-state index contributed by atoms with van der Waals surface area (Å²) < 4.78 is 11.2. The van der Waals surface area contributed by atoms with E-state index < -0.39 is 24.8 Å². The number of aromatic nitrogens is 3. The summed E-state index contributed by atoms with van der Waals surface area (Å²) in [5.41, 5.74) is 3.21. The molecule has 0 unspecified atom stereocenters. The number of ether oxygens (including phenoxy) is 2. The quantitative estimate of drug-likeness (QED) is 0.194. The van der Waals surface area contributed by atoms with E-state index in [0.29, 0.717) is 41.0 Å². The van der Waals surface area contributed by atoms with E-state index in [2.05, 4.69) is 20.7 Å². The number of aldehydes is 1. The average Bonchev–Trinajstić information content (AvgIpc) is 3.29. The number of hydrogen-bond acceptors (Lipinski definition) is 10. The number of aryl methyl sites for hydroxylation is 2. The number of nitrogens with zero attached hydrogens (tertiary/aromatic N) is 4. The van der Waals surface area contributed by atoms with Crippen molar-refractivity contribution in [2.24, 2.45) is 0 Å². The molecule has 0 aliphatic carbocycles. The number of amides is 3. The van der Waals surface area contributed by atoms with Crippen LogP contribution in [0.25, 0.3) is 5.52 Å². The number of rotatable bonds is 12. The van der Waals surface area contributed by atoms with E-state index in [1.54, 1.807) is 26.0 Å². The van der Waals surface area contributed by atoms with Crippen LogP contribution < -0.4 is 10.6 Å². The molecule has 0 spiro atoms. The highest BCUT2D eigenvalue weighted by Crippen LogP contribution is 2.28. The van der Waals surface area contributed by atoms with Crippen molar-refractivity contribution in [1.29, 1.82) is 0 Å². The van der Waals surface area contributed by atoms with Crippen LogP contribution in [0.1, 0.15) is 65.0 Å². The first-order valence-corrected chi connectivity index (χ1v) is 12.8. The summed E-state index contributed by atoms with van der Waals surface area (Å²) >= 11 is 0. The standard InChI is InChI=1S/C27H32N6O7/c1-5-11-28-25(36)19-10-9-17(3)21(13-19)31-24-23-18(4)20(14-33(23)30-15-29-24)26(37)32(6-2)27(38)40-16-39-22(35)8-7-12-34/h9-10,12-15H,5-8,11,16H2,1-4H3,(H,28,36)(H,29,30,31). The van der Waals surface area contributed by atoms with Gasteiger partial charge < -0.3 is 24.9 Å². The van der Waals surface area contributed by atoms with Crippen LogP contribution in [0, 0.1) is 13.8 Å². The van der Waals surface area contributed by atoms with Crippen LogP contribution in [0.4, 0.5) is 16.3 Å². The van der Waals surface area contributed by atoms with E-state index in [0.717, 1.165) is 16.9 Å². The predicted octanol–water partition coefficient (Wildman–Crippen LogP) is 3.31. The zero-order chi connectivity index (χ0) is 29.2. The number of anilines is 2. The van der Waals surface area contributed by atoms with Gasteiger partial charge in [-0.3, -0.25) is 14.4 Å². The molecular formula is C27H32N6O7. The Morgan fingerprint density at radius 2 is 1.90 bits per heavy atom. The summed E-state index contributed by atoms with van der Waals surface area (Å²) in [7, 11) is 0. The van der Waals surface area contributed by atoms with Crippen molar-refractivity contribution in [2.75, 3.05) is 25.2 Å². The molecule has 3 rings (SSSR count). The third-order valence-corrected chi connectivity index (χ3v) is 6.00. The molecule has 0 fully saturated rings. The maximum absolute atomic E-state index is 13.3. The van der Waals surface area contributed by atoms with Crippen LogP contribution in [-0.2, 0) is 19.1 Å². The molecule has 3 amide bonds. The van der Waals surface area contributed by atoms with Crippen LogP contribution in [0.5, 0.6) is 0 Å². The molecule has 2 N–H and O–H groups in total. The van der Waals surface area contributed by atoms with Crippen molar-refractivity contribution in [3.8, 4) is 0 Å². The average molecular weight is 553 g/mol. The Hall–Kier alpha value is -4.81. The second-order valence-electron chi connectivity index (χ2n) is 8.78. The molecule has 40 heavy (non-hydrogen) atoms. The lowest BCUT2D eigenvalue weighted by molar-refractivity contribution is -0.152. The van der Waals surface area contributed by atoms with Gasteiger partial charge in [0.25, 0.3) is 11.8 Å². The largest absolute Gasteiger partial charge is 0.428 e. The normalized spacial score (nSPS) is 10.6. The zero-order valence-electron chi connectivity index (χ0n) is 22.9. The van der Waals surface area contributed by atoms with E-state index in [-0.39, 0.29) is 30.9 Å². The van der Waals surface area contributed by atoms with Crippen LogP contribution in [0.3, 0.4) is 0 Å². The maximum atomic E-state index is 13.3. The second kappa shape index (κ2) is 13.8. The summed E-state index contributed by atoms with van der Waals surface area (Å²) in [6.45, 7) is 7.03. The predicted molar refractivity (Wildman–Crippen MR) is 144 cm³/mol. The van der Waals surface area contributed by atoms with Gasteiger partial charge in [-0.2, -0.15) is 5.10 Å². The van der Waals surface area contributed by atoms with Gasteiger partial charge in [-0.25, -0.2) is 19.2 Å². The molecule has 2 aromatic heterocycles. The highest BCUT2D eigenvalue weighted by molar-refractivity contribution is 6.05. The second-order valence-corrected chi connectivity index (χ2v) is 8.78. The van der Waals surface area contributed by atoms with Crippen molar-refractivity contribution in [3.63, 3.8) is 0 Å². The monoisotopic (exact) mass is 552 g/mol. The van der Waals surface area contributed by atoms with Gasteiger partial charge in [0.15, 0.2) is 5.82 Å². The molecule has 13 heteroatoms. The Balaban J connectivity index is 1.83. The smallest absolute Gasteiger partial charge is 0.419 e. The van der Waals surface area contributed by atoms with Gasteiger partial charge in [0.2, 0.25) is 6.79 Å². The Morgan fingerprint density at radius 3 is 2.60 bits per heavy atom. The number of imide groups is 1. The van der Waals surface area contributed by atoms with Gasteiger partial charge in [-0.05, 0) is 50.5 Å². The summed E-state index contributed by atoms with van der Waals surface area (Å²) in [5.74, 6) is -1.13. The van der Waals surface area contributed by atoms with Gasteiger partial charge in [0.1, 0.15) is 18.1 Å². The molecule has 0 aliphatic rings. The van der Waals surface area contributed by atoms with Crippen LogP contribution >= 0.6 is 0 Å². The fourth-order valence-corrected chi connectivity index (χ4v) is 3.81. The van der Waals surface area contributed by atoms with Crippen molar-refractivity contribution in [2.45, 2.75) is 47.0 Å². The molecule has 1 aromatic carbocycles. The van der Waals surface area contributed by atoms with E-state index in [4.69, 9.17) is 9.47 Å². The van der Waals surface area contributed by atoms with Gasteiger partial charge in [0, 0.05) is 37.0 Å². The highest BCUT2D eigenvalue weighted by atomic mass is 16.7. The van der Waals surface area contributed by atoms with Crippen molar-refractivity contribution < 1.29 is 33.4 Å². The number of carbonyl (C=O) groups excluding carboxylic acids is 5. The Kier molecular flexibility index (Phi) is 10.3. The third-order valence-electron chi connectivity index (χ3n) is 6.00. The Labute approximate surface area is 230 Å². The molecule has 0 saturated heterocycles. The molecule has 0 saturated carbocycles. The first-order chi connectivity index (χ1) is 19.2. The number of benzene rings is 1. The molecule has 3 aromatic rings. The van der Waals surface area contributed by atoms with Crippen molar-refractivity contribution in [3.05, 3.63) is 53.0 Å². The fourth-order valence-electron chi connectivity index (χ4n) is 3.81. The van der Waals surface area contributed by atoms with Gasteiger partial charge in [-0.1, -0.05) is 13.0 Å². The SMILES string of the molecule is CCCNC(=O)c1ccc(C)c(Nc2ncnn3cc(C(=O)N(CC)C(=O)OCOC(=O)CCC=O)c(C)c23)c1. The Bertz CT molecular complexity index is 1420. The summed E-state index contributed by atoms with van der Waals surface area (Å²) in [5, 5.41) is 10.3. The minimum absolute atomic E-state index is 0.00707. The molecule has 0 aliphatic heterocycles. The van der Waals surface area contributed by atoms with Gasteiger partial charge in [-0.15, -0.1) is 0 Å². The minimum Gasteiger partial charge on any atom is -0.428 e. The van der Waals surface area contributed by atoms with Crippen LogP contribution in [0.15, 0.2) is 30.7 Å². The molecule has 0 atom stereocenters. The molecule has 13 nitrogen and oxygen atoms in total. The first-order valence-electron chi connectivity index (χ1n) is 12.8. The lowest BCUT2D eigenvalue weighted by Crippen LogP contribution is -2.37. The van der Waals surface area contributed by atoms with Crippen molar-refractivity contribution in [1.82, 2.24) is 24.8 Å². The Morgan fingerprint density at radius 1 is 1.12 bits per heavy atom. The fraction of sp³-hybridized carbons (Fsp3) is 0.370. The minimum atomic E-state index is -0.997. The highest BCUT2D eigenvalue weighted by Gasteiger charge is 2.27. The summed E-state index contributed by atoms with van der Waals surface area (Å²) in [4.78, 5) is 65.4. The molecule has 2 heterocycles. The van der Waals surface area contributed by atoms with E-state index in [9.17, 15) is 24.0 Å². The number of nitrogens with one attached hydrogen (secondary N) is 2. The molecule has 0 radical (unpaired) electrons. The topological polar surface area (TPSA) is 161 Å². The third kappa shape index (κ3) is 6.98. The van der Waals surface area contributed by atoms with E-state index in [1.807, 2.05) is 19.9 Å². The van der Waals surface area contributed by atoms with Crippen LogP contribution in [-0.4, -0.2) is 69.5 Å². The van der Waals surface area contributed by atoms with Gasteiger partial charge in [0.05, 0.1) is 12.0 Å². The molecule has 212 valence electrons. The lowest BCUT2D eigenvalue weighted by atomic mass is 10.1.